The first-order chi connectivity index (χ1) is 12.2. The Morgan fingerprint density at radius 1 is 1.35 bits per heavy atom. The smallest absolute Gasteiger partial charge is 0.410 e. The number of hydrogen-bond donors (Lipinski definition) is 1. The van der Waals surface area contributed by atoms with E-state index in [0.29, 0.717) is 12.2 Å². The summed E-state index contributed by atoms with van der Waals surface area (Å²) in [6.07, 6.45) is 3.44. The van der Waals surface area contributed by atoms with Gasteiger partial charge in [0.25, 0.3) is 0 Å². The molecule has 1 saturated heterocycles. The number of nitrogens with two attached hydrogens (primary N) is 1. The number of likely N-dealkylation sites (N-methyl/N-ethyl adjacent to an activating group) is 1. The highest BCUT2D eigenvalue weighted by atomic mass is 16.6. The number of piperidine rings is 1. The van der Waals surface area contributed by atoms with E-state index in [0.717, 1.165) is 36.2 Å². The number of nitrogen functional groups attached to an aromatic ring is 1. The van der Waals surface area contributed by atoms with Crippen molar-refractivity contribution in [2.24, 2.45) is 0 Å². The number of fused-ring (bicyclic) bond motifs is 1. The molecule has 7 nitrogen and oxygen atoms in total. The second-order valence-electron chi connectivity index (χ2n) is 7.81. The molecule has 0 saturated carbocycles. The number of rotatable bonds is 2. The van der Waals surface area contributed by atoms with Crippen LogP contribution in [-0.4, -0.2) is 52.7 Å². The molecule has 0 aliphatic carbocycles. The number of ether oxygens (including phenoxy) is 1. The molecule has 1 aromatic carbocycles. The van der Waals surface area contributed by atoms with Crippen LogP contribution in [0.25, 0.3) is 11.0 Å². The molecule has 0 bridgehead atoms. The quantitative estimate of drug-likeness (QED) is 0.832. The van der Waals surface area contributed by atoms with E-state index in [4.69, 9.17) is 15.5 Å². The minimum Gasteiger partial charge on any atom is -0.444 e. The third kappa shape index (κ3) is 4.15. The molecular weight excluding hydrogens is 330 g/mol. The number of nitrogens with zero attached hydrogens (tertiary/aromatic N) is 4. The Kier molecular flexibility index (Phi) is 4.89. The Morgan fingerprint density at radius 2 is 2.12 bits per heavy atom. The van der Waals surface area contributed by atoms with Crippen molar-refractivity contribution in [3.63, 3.8) is 0 Å². The molecule has 1 atom stereocenters. The lowest BCUT2D eigenvalue weighted by Crippen LogP contribution is -2.50. The summed E-state index contributed by atoms with van der Waals surface area (Å²) >= 11 is 0. The van der Waals surface area contributed by atoms with Gasteiger partial charge in [-0.2, -0.15) is 0 Å². The van der Waals surface area contributed by atoms with Gasteiger partial charge < -0.3 is 20.3 Å². The predicted octanol–water partition coefficient (Wildman–Crippen LogP) is 3.05. The van der Waals surface area contributed by atoms with Crippen molar-refractivity contribution in [3.8, 4) is 0 Å². The van der Waals surface area contributed by atoms with Crippen molar-refractivity contribution in [1.82, 2.24) is 14.9 Å². The van der Waals surface area contributed by atoms with E-state index >= 15 is 0 Å². The van der Waals surface area contributed by atoms with Crippen LogP contribution in [0.15, 0.2) is 24.4 Å². The minimum atomic E-state index is -0.485. The SMILES string of the molecule is CN(c1cnc2cc(N)ccc2n1)C1CCCN(C(=O)OC(C)(C)C)C1. The van der Waals surface area contributed by atoms with Gasteiger partial charge in [0.05, 0.1) is 17.2 Å². The van der Waals surface area contributed by atoms with E-state index in [9.17, 15) is 4.79 Å². The lowest BCUT2D eigenvalue weighted by molar-refractivity contribution is 0.0199. The van der Waals surface area contributed by atoms with Crippen LogP contribution in [0.3, 0.4) is 0 Å². The molecule has 1 aromatic heterocycles. The maximum atomic E-state index is 12.4. The Morgan fingerprint density at radius 3 is 2.85 bits per heavy atom. The molecule has 1 aliphatic rings. The number of likely N-dealkylation sites (tertiary alicyclic amines) is 1. The molecule has 140 valence electrons. The first-order valence-electron chi connectivity index (χ1n) is 8.96. The molecule has 0 radical (unpaired) electrons. The molecule has 2 aromatic rings. The lowest BCUT2D eigenvalue weighted by atomic mass is 10.0. The van der Waals surface area contributed by atoms with Gasteiger partial charge in [-0.25, -0.2) is 9.78 Å². The Labute approximate surface area is 154 Å². The summed E-state index contributed by atoms with van der Waals surface area (Å²) in [6.45, 7) is 7.00. The number of hydrogen-bond acceptors (Lipinski definition) is 6. The highest BCUT2D eigenvalue weighted by molar-refractivity contribution is 5.79. The fraction of sp³-hybridized carbons (Fsp3) is 0.526. The topological polar surface area (TPSA) is 84.6 Å². The van der Waals surface area contributed by atoms with E-state index in [-0.39, 0.29) is 12.1 Å². The predicted molar refractivity (Wildman–Crippen MR) is 103 cm³/mol. The first kappa shape index (κ1) is 18.2. The Balaban J connectivity index is 1.73. The number of amides is 1. The second-order valence-corrected chi connectivity index (χ2v) is 7.81. The van der Waals surface area contributed by atoms with E-state index in [2.05, 4.69) is 9.88 Å². The maximum Gasteiger partial charge on any atom is 0.410 e. The molecule has 0 spiro atoms. The van der Waals surface area contributed by atoms with Gasteiger partial charge in [-0.15, -0.1) is 0 Å². The zero-order chi connectivity index (χ0) is 18.9. The number of benzene rings is 1. The van der Waals surface area contributed by atoms with Crippen LogP contribution < -0.4 is 10.6 Å². The first-order valence-corrected chi connectivity index (χ1v) is 8.96. The molecule has 2 heterocycles. The molecule has 1 fully saturated rings. The third-order valence-corrected chi connectivity index (χ3v) is 4.51. The van der Waals surface area contributed by atoms with Gasteiger partial charge in [-0.05, 0) is 51.8 Å². The molecule has 1 aliphatic heterocycles. The molecule has 26 heavy (non-hydrogen) atoms. The standard InChI is InChI=1S/C19H27N5O2/c1-19(2,3)26-18(25)24-9-5-6-14(12-24)23(4)17-11-21-16-10-13(20)7-8-15(16)22-17/h7-8,10-11,14H,5-6,9,12,20H2,1-4H3. The third-order valence-electron chi connectivity index (χ3n) is 4.51. The summed E-state index contributed by atoms with van der Waals surface area (Å²) in [4.78, 5) is 25.4. The van der Waals surface area contributed by atoms with Crippen molar-refractivity contribution >= 4 is 28.6 Å². The van der Waals surface area contributed by atoms with Crippen molar-refractivity contribution < 1.29 is 9.53 Å². The lowest BCUT2D eigenvalue weighted by Gasteiger charge is -2.38. The number of carbonyl (C=O) groups excluding carboxylic acids is 1. The van der Waals surface area contributed by atoms with Crippen LogP contribution in [0.5, 0.6) is 0 Å². The molecular formula is C19H27N5O2. The van der Waals surface area contributed by atoms with Crippen molar-refractivity contribution in [2.75, 3.05) is 30.8 Å². The monoisotopic (exact) mass is 357 g/mol. The second kappa shape index (κ2) is 6.97. The van der Waals surface area contributed by atoms with E-state index in [1.54, 1.807) is 11.1 Å². The average Bonchev–Trinajstić information content (AvgIpc) is 2.59. The van der Waals surface area contributed by atoms with E-state index < -0.39 is 5.60 Å². The van der Waals surface area contributed by atoms with E-state index in [1.807, 2.05) is 46.0 Å². The summed E-state index contributed by atoms with van der Waals surface area (Å²) in [7, 11) is 2.00. The van der Waals surface area contributed by atoms with Gasteiger partial charge in [-0.1, -0.05) is 0 Å². The highest BCUT2D eigenvalue weighted by Gasteiger charge is 2.30. The summed E-state index contributed by atoms with van der Waals surface area (Å²) in [5, 5.41) is 0. The van der Waals surface area contributed by atoms with Crippen LogP contribution in [0.2, 0.25) is 0 Å². The maximum absolute atomic E-state index is 12.4. The number of aromatic nitrogens is 2. The van der Waals surface area contributed by atoms with Crippen LogP contribution >= 0.6 is 0 Å². The fourth-order valence-corrected chi connectivity index (χ4v) is 3.14. The Bertz CT molecular complexity index is 802. The van der Waals surface area contributed by atoms with Gasteiger partial charge >= 0.3 is 6.09 Å². The number of anilines is 2. The van der Waals surface area contributed by atoms with Crippen LogP contribution in [0.4, 0.5) is 16.3 Å². The van der Waals surface area contributed by atoms with Crippen LogP contribution in [0.1, 0.15) is 33.6 Å². The van der Waals surface area contributed by atoms with E-state index in [1.165, 1.54) is 0 Å². The zero-order valence-electron chi connectivity index (χ0n) is 15.9. The summed E-state index contributed by atoms with van der Waals surface area (Å²) < 4.78 is 5.51. The molecule has 3 rings (SSSR count). The summed E-state index contributed by atoms with van der Waals surface area (Å²) in [5.74, 6) is 0.790. The van der Waals surface area contributed by atoms with Gasteiger partial charge in [0, 0.05) is 31.9 Å². The van der Waals surface area contributed by atoms with Gasteiger partial charge in [-0.3, -0.25) is 4.98 Å². The molecule has 2 N–H and O–H groups in total. The van der Waals surface area contributed by atoms with Crippen LogP contribution in [-0.2, 0) is 4.74 Å². The molecule has 1 unspecified atom stereocenters. The van der Waals surface area contributed by atoms with Crippen molar-refractivity contribution in [3.05, 3.63) is 24.4 Å². The Hall–Kier alpha value is -2.57. The fourth-order valence-electron chi connectivity index (χ4n) is 3.14. The summed E-state index contributed by atoms with van der Waals surface area (Å²) in [6, 6.07) is 5.70. The van der Waals surface area contributed by atoms with Gasteiger partial charge in [0.15, 0.2) is 0 Å². The highest BCUT2D eigenvalue weighted by Crippen LogP contribution is 2.23. The van der Waals surface area contributed by atoms with Gasteiger partial charge in [0.2, 0.25) is 0 Å². The zero-order valence-corrected chi connectivity index (χ0v) is 15.9. The average molecular weight is 357 g/mol. The van der Waals surface area contributed by atoms with Crippen molar-refractivity contribution in [2.45, 2.75) is 45.3 Å². The van der Waals surface area contributed by atoms with Crippen LogP contribution in [0, 0.1) is 0 Å². The minimum absolute atomic E-state index is 0.178. The largest absolute Gasteiger partial charge is 0.444 e. The molecule has 1 amide bonds. The number of carbonyl (C=O) groups is 1. The summed E-state index contributed by atoms with van der Waals surface area (Å²) in [5.41, 5.74) is 7.58. The van der Waals surface area contributed by atoms with Crippen molar-refractivity contribution in [1.29, 1.82) is 0 Å². The molecule has 7 heteroatoms. The normalized spacial score (nSPS) is 18.0. The van der Waals surface area contributed by atoms with Gasteiger partial charge in [0.1, 0.15) is 11.4 Å².